The summed E-state index contributed by atoms with van der Waals surface area (Å²) in [6.45, 7) is 0.424. The van der Waals surface area contributed by atoms with Gasteiger partial charge in [0.2, 0.25) is 0 Å². The van der Waals surface area contributed by atoms with E-state index in [1.807, 2.05) is 24.3 Å². The highest BCUT2D eigenvalue weighted by Gasteiger charge is 2.05. The van der Waals surface area contributed by atoms with E-state index in [-0.39, 0.29) is 0 Å². The van der Waals surface area contributed by atoms with Crippen molar-refractivity contribution < 1.29 is 4.74 Å². The first kappa shape index (κ1) is 12.0. The summed E-state index contributed by atoms with van der Waals surface area (Å²) in [6.07, 6.45) is 0. The first-order valence-corrected chi connectivity index (χ1v) is 5.86. The number of halogens is 1. The van der Waals surface area contributed by atoms with Crippen LogP contribution in [0.4, 0.5) is 5.82 Å². The van der Waals surface area contributed by atoms with E-state index in [1.54, 1.807) is 13.2 Å². The van der Waals surface area contributed by atoms with Crippen LogP contribution >= 0.6 is 15.9 Å². The first-order valence-electron chi connectivity index (χ1n) is 5.07. The van der Waals surface area contributed by atoms with E-state index in [0.29, 0.717) is 18.2 Å². The monoisotopic (exact) mass is 293 g/mol. The molecule has 0 bridgehead atoms. The van der Waals surface area contributed by atoms with Crippen LogP contribution in [0.15, 0.2) is 34.8 Å². The van der Waals surface area contributed by atoms with Gasteiger partial charge in [0.25, 0.3) is 0 Å². The van der Waals surface area contributed by atoms with Crippen LogP contribution in [0.25, 0.3) is 11.4 Å². The highest BCUT2D eigenvalue weighted by molar-refractivity contribution is 9.10. The summed E-state index contributed by atoms with van der Waals surface area (Å²) in [5, 5.41) is 0. The lowest BCUT2D eigenvalue weighted by Gasteiger charge is -2.05. The lowest BCUT2D eigenvalue weighted by atomic mass is 10.2. The average Bonchev–Trinajstić information content (AvgIpc) is 2.28. The number of nitrogens with two attached hydrogens (primary N) is 1. The second-order valence-corrected chi connectivity index (χ2v) is 4.47. The third kappa shape index (κ3) is 3.01. The molecule has 1 aromatic carbocycles. The zero-order chi connectivity index (χ0) is 12.3. The Morgan fingerprint density at radius 3 is 2.82 bits per heavy atom. The summed E-state index contributed by atoms with van der Waals surface area (Å²) in [5.74, 6) is 1.06. The smallest absolute Gasteiger partial charge is 0.161 e. The lowest BCUT2D eigenvalue weighted by molar-refractivity contribution is 0.181. The van der Waals surface area contributed by atoms with Gasteiger partial charge in [-0.2, -0.15) is 0 Å². The maximum atomic E-state index is 5.75. The number of anilines is 1. The number of nitrogens with zero attached hydrogens (tertiary/aromatic N) is 2. The second kappa shape index (κ2) is 5.25. The highest BCUT2D eigenvalue weighted by atomic mass is 79.9. The van der Waals surface area contributed by atoms with Gasteiger partial charge >= 0.3 is 0 Å². The standard InChI is InChI=1S/C12H12BrN3O/c1-17-7-10-6-11(14)16-12(15-10)8-3-2-4-9(13)5-8/h2-6H,7H2,1H3,(H2,14,15,16). The van der Waals surface area contributed by atoms with E-state index >= 15 is 0 Å². The number of ether oxygens (including phenoxy) is 1. The topological polar surface area (TPSA) is 61.0 Å². The molecule has 0 saturated heterocycles. The molecule has 0 aliphatic heterocycles. The molecule has 1 aromatic heterocycles. The fraction of sp³-hybridized carbons (Fsp3) is 0.167. The van der Waals surface area contributed by atoms with E-state index in [4.69, 9.17) is 10.5 Å². The van der Waals surface area contributed by atoms with Gasteiger partial charge in [-0.3, -0.25) is 0 Å². The largest absolute Gasteiger partial charge is 0.384 e. The van der Waals surface area contributed by atoms with Crippen molar-refractivity contribution in [1.82, 2.24) is 9.97 Å². The third-order valence-electron chi connectivity index (χ3n) is 2.17. The predicted molar refractivity (Wildman–Crippen MR) is 70.3 cm³/mol. The third-order valence-corrected chi connectivity index (χ3v) is 2.67. The Morgan fingerprint density at radius 2 is 2.12 bits per heavy atom. The molecule has 0 aliphatic rings. The molecule has 0 atom stereocenters. The molecule has 88 valence electrons. The molecule has 1 heterocycles. The Labute approximate surface area is 108 Å². The Balaban J connectivity index is 2.44. The molecule has 0 radical (unpaired) electrons. The van der Waals surface area contributed by atoms with Gasteiger partial charge in [0.05, 0.1) is 12.3 Å². The van der Waals surface area contributed by atoms with E-state index in [9.17, 15) is 0 Å². The molecule has 2 aromatic rings. The summed E-state index contributed by atoms with van der Waals surface area (Å²) in [5.41, 5.74) is 7.44. The van der Waals surface area contributed by atoms with Crippen molar-refractivity contribution in [1.29, 1.82) is 0 Å². The Kier molecular flexibility index (Phi) is 3.71. The fourth-order valence-electron chi connectivity index (χ4n) is 1.50. The summed E-state index contributed by atoms with van der Waals surface area (Å²) >= 11 is 3.42. The molecule has 0 unspecified atom stereocenters. The van der Waals surface area contributed by atoms with Crippen LogP contribution in [-0.2, 0) is 11.3 Å². The van der Waals surface area contributed by atoms with Gasteiger partial charge in [0.1, 0.15) is 5.82 Å². The minimum absolute atomic E-state index is 0.424. The predicted octanol–water partition coefficient (Wildman–Crippen LogP) is 2.63. The molecule has 0 aliphatic carbocycles. The van der Waals surface area contributed by atoms with Gasteiger partial charge in [-0.25, -0.2) is 9.97 Å². The zero-order valence-electron chi connectivity index (χ0n) is 9.35. The summed E-state index contributed by atoms with van der Waals surface area (Å²) < 4.78 is 6.02. The normalized spacial score (nSPS) is 10.5. The molecule has 0 spiro atoms. The molecule has 2 N–H and O–H groups in total. The van der Waals surface area contributed by atoms with Crippen LogP contribution in [0.1, 0.15) is 5.69 Å². The molecule has 2 rings (SSSR count). The van der Waals surface area contributed by atoms with Crippen LogP contribution in [-0.4, -0.2) is 17.1 Å². The van der Waals surface area contributed by atoms with Gasteiger partial charge in [0.15, 0.2) is 5.82 Å². The number of aromatic nitrogens is 2. The summed E-state index contributed by atoms with van der Waals surface area (Å²) in [6, 6.07) is 9.49. The van der Waals surface area contributed by atoms with Crippen LogP contribution < -0.4 is 5.73 Å². The Hall–Kier alpha value is -1.46. The van der Waals surface area contributed by atoms with Crippen molar-refractivity contribution >= 4 is 21.7 Å². The first-order chi connectivity index (χ1) is 8.19. The summed E-state index contributed by atoms with van der Waals surface area (Å²) in [4.78, 5) is 8.62. The minimum Gasteiger partial charge on any atom is -0.384 e. The van der Waals surface area contributed by atoms with E-state index in [0.717, 1.165) is 15.7 Å². The van der Waals surface area contributed by atoms with Crippen LogP contribution in [0.2, 0.25) is 0 Å². The van der Waals surface area contributed by atoms with E-state index in [1.165, 1.54) is 0 Å². The highest BCUT2D eigenvalue weighted by Crippen LogP contribution is 2.21. The van der Waals surface area contributed by atoms with E-state index < -0.39 is 0 Å². The van der Waals surface area contributed by atoms with Crippen LogP contribution in [0.5, 0.6) is 0 Å². The molecule has 0 amide bonds. The van der Waals surface area contributed by atoms with Crippen molar-refractivity contribution in [3.8, 4) is 11.4 Å². The number of nitrogen functional groups attached to an aromatic ring is 1. The molecule has 4 nitrogen and oxygen atoms in total. The van der Waals surface area contributed by atoms with Crippen molar-refractivity contribution in [2.75, 3.05) is 12.8 Å². The second-order valence-electron chi connectivity index (χ2n) is 3.55. The molecular weight excluding hydrogens is 282 g/mol. The number of hydrogen-bond donors (Lipinski definition) is 1. The Morgan fingerprint density at radius 1 is 1.29 bits per heavy atom. The fourth-order valence-corrected chi connectivity index (χ4v) is 1.90. The quantitative estimate of drug-likeness (QED) is 0.945. The van der Waals surface area contributed by atoms with Crippen molar-refractivity contribution in [2.45, 2.75) is 6.61 Å². The number of benzene rings is 1. The number of methoxy groups -OCH3 is 1. The van der Waals surface area contributed by atoms with Crippen LogP contribution in [0, 0.1) is 0 Å². The number of hydrogen-bond acceptors (Lipinski definition) is 4. The van der Waals surface area contributed by atoms with Crippen LogP contribution in [0.3, 0.4) is 0 Å². The molecule has 0 fully saturated rings. The molecule has 0 saturated carbocycles. The molecule has 5 heteroatoms. The van der Waals surface area contributed by atoms with Gasteiger partial charge in [-0.05, 0) is 12.1 Å². The van der Waals surface area contributed by atoms with Crippen molar-refractivity contribution in [2.24, 2.45) is 0 Å². The number of rotatable bonds is 3. The van der Waals surface area contributed by atoms with Gasteiger partial charge in [-0.1, -0.05) is 28.1 Å². The average molecular weight is 294 g/mol. The maximum absolute atomic E-state index is 5.75. The van der Waals surface area contributed by atoms with Gasteiger partial charge in [0, 0.05) is 23.2 Å². The zero-order valence-corrected chi connectivity index (χ0v) is 10.9. The van der Waals surface area contributed by atoms with Gasteiger partial charge < -0.3 is 10.5 Å². The van der Waals surface area contributed by atoms with Gasteiger partial charge in [-0.15, -0.1) is 0 Å². The summed E-state index contributed by atoms with van der Waals surface area (Å²) in [7, 11) is 1.62. The lowest BCUT2D eigenvalue weighted by Crippen LogP contribution is -2.01. The maximum Gasteiger partial charge on any atom is 0.161 e. The molecule has 17 heavy (non-hydrogen) atoms. The Bertz CT molecular complexity index is 531. The molecular formula is C12H12BrN3O. The minimum atomic E-state index is 0.424. The SMILES string of the molecule is COCc1cc(N)nc(-c2cccc(Br)c2)n1. The van der Waals surface area contributed by atoms with Crippen molar-refractivity contribution in [3.05, 3.63) is 40.5 Å². The van der Waals surface area contributed by atoms with Crippen molar-refractivity contribution in [3.63, 3.8) is 0 Å². The van der Waals surface area contributed by atoms with E-state index in [2.05, 4.69) is 25.9 Å².